The molecule has 0 saturated heterocycles. The number of aromatic nitrogens is 8. The molecule has 0 amide bonds. The summed E-state index contributed by atoms with van der Waals surface area (Å²) in [5, 5.41) is 35.3. The van der Waals surface area contributed by atoms with E-state index in [-0.39, 0.29) is 141 Å². The van der Waals surface area contributed by atoms with Gasteiger partial charge in [0.05, 0.1) is 135 Å². The van der Waals surface area contributed by atoms with Crippen LogP contribution < -0.4 is 74.7 Å². The molecule has 0 aliphatic carbocycles. The Bertz CT molecular complexity index is 5630. The number of allylic oxidation sites excluding steroid dienone is 2. The first-order valence-electron chi connectivity index (χ1n) is 35.1. The predicted molar refractivity (Wildman–Crippen MR) is 435 cm³/mol. The first kappa shape index (κ1) is 87.1. The number of likely N-dealkylation sites (N-methyl/N-ethyl adjacent to an activating group) is 2. The molecule has 594 valence electrons. The number of nitrogens with one attached hydrogen (secondary N) is 2. The van der Waals surface area contributed by atoms with Crippen molar-refractivity contribution < 1.29 is 81.3 Å². The van der Waals surface area contributed by atoms with Gasteiger partial charge in [-0.25, -0.2) is 19.9 Å². The van der Waals surface area contributed by atoms with Crippen LogP contribution in [0.4, 0.5) is 23.3 Å². The number of carbonyl (C=O) groups excluding carboxylic acids is 2. The number of nitro groups is 2. The lowest BCUT2D eigenvalue weighted by Gasteiger charge is -2.28. The normalized spacial score (nSPS) is 13.2. The van der Waals surface area contributed by atoms with Crippen LogP contribution in [0, 0.1) is 20.2 Å². The zero-order chi connectivity index (χ0) is 80.5. The van der Waals surface area contributed by atoms with Crippen molar-refractivity contribution in [2.24, 2.45) is 17.0 Å². The molecule has 2 N–H and O–H groups in total. The number of halogens is 6. The summed E-state index contributed by atoms with van der Waals surface area (Å²) in [4.78, 5) is 103. The number of aliphatic imine (C=N–C) groups is 2. The summed E-state index contributed by atoms with van der Waals surface area (Å²) in [6, 6.07) is 27.5. The molecule has 8 heterocycles. The molecule has 2 unspecified atom stereocenters. The summed E-state index contributed by atoms with van der Waals surface area (Å²) < 4.78 is 27.8. The minimum Gasteiger partial charge on any atom is -1.00 e. The number of nitrogens with zero attached hydrogens (tertiary/aromatic N) is 14. The standard InChI is InChI=1S/C40H40Cl2N8O6.C40H38Cl2N8O6.2BrH/c1-24(26-10-7-9-25(17-26)18-29(51)11-8-16-50(3,4)23-27-12-14-43-39(27)49(53)54)48-31-20-35(45-34-13-15-47(2)46-34)44-22-28(31)19-30(40(48)52)36-37(41)32(55-5)21-33(56-6)38(36)42;1-24(26-9-6-8-25(16-26)17-29(51)10-7-15-50(2,3)22-27-11-14-44-39(27)49(53)54)48-31-19-35(47-34-12-13-43-23-46-34)45-21-28(31)18-30(40(48)52)36-37(41)32(55-4)20-33(56-5)38(36)42;;/h7-11,13-15,17,19-22,24H,12,16,18,23H2,1-6H3;6-10,12-14,16,18-21,23-24H,11,15,17,22H2,1-5H3;2*1H/b11-8+;10-7+;;. The number of quaternary nitrogens is 2. The average Bonchev–Trinajstić information content (AvgIpc) is 1.06. The molecule has 2 atom stereocenters. The predicted octanol–water partition coefficient (Wildman–Crippen LogP) is 8.43. The number of ether oxygens (including phenoxy) is 4. The maximum absolute atomic E-state index is 14.8. The Kier molecular flexibility index (Phi) is 28.9. The Morgan fingerprint density at radius 3 is 1.35 bits per heavy atom. The van der Waals surface area contributed by atoms with E-state index in [1.807, 2.05) is 104 Å². The fourth-order valence-corrected chi connectivity index (χ4v) is 14.8. The maximum Gasteiger partial charge on any atom is 0.368 e. The van der Waals surface area contributed by atoms with Crippen molar-refractivity contribution in [3.63, 3.8) is 0 Å². The molecule has 4 aromatic carbocycles. The van der Waals surface area contributed by atoms with E-state index in [4.69, 9.17) is 65.4 Å². The second kappa shape index (κ2) is 37.9. The summed E-state index contributed by atoms with van der Waals surface area (Å²) in [6.07, 6.45) is 19.0. The quantitative estimate of drug-likeness (QED) is 0.0184. The SMILES string of the molecule is COc1cc(OC)c(Cl)c(-c2cc3cnc(Nc4ccn(C)n4)cc3n(C(C)c3cccc(CC(=O)/C=C/C[N+](C)(C)CC4=C([N+](=O)[O-])N=CC4)c3)c2=O)c1Cl.COc1cc(OC)c(Cl)c(-c2cc3cnc(Nc4ccncn4)cc3n(C(C)c3cccc(CC(=O)/C=C/C[N+](C)(C)CC4=C([N+](=O)[O-])N=CC4)c3)c2=O)c1Cl.[Br-].[Br-]. The first-order valence-corrected chi connectivity index (χ1v) is 36.6. The lowest BCUT2D eigenvalue weighted by molar-refractivity contribution is -0.880. The number of aryl methyl sites for hydroxylation is 1. The highest BCUT2D eigenvalue weighted by atomic mass is 79.9. The van der Waals surface area contributed by atoms with Crippen LogP contribution in [-0.2, 0) is 29.5 Å². The third-order valence-electron chi connectivity index (χ3n) is 18.9. The summed E-state index contributed by atoms with van der Waals surface area (Å²) in [7, 11) is 15.5. The largest absolute Gasteiger partial charge is 1.00 e. The van der Waals surface area contributed by atoms with Crippen LogP contribution in [0.3, 0.4) is 0 Å². The number of anilines is 4. The molecular weight excluding hydrogens is 1680 g/mol. The molecule has 0 saturated carbocycles. The highest BCUT2D eigenvalue weighted by Crippen LogP contribution is 2.48. The van der Waals surface area contributed by atoms with Crippen LogP contribution in [-0.4, -0.2) is 164 Å². The van der Waals surface area contributed by atoms with Gasteiger partial charge in [0.15, 0.2) is 17.4 Å². The average molecular weight is 1760 g/mol. The Morgan fingerprint density at radius 2 is 0.982 bits per heavy atom. The van der Waals surface area contributed by atoms with Crippen LogP contribution >= 0.6 is 46.4 Å². The fraction of sp³-hybridized carbons (Fsp3) is 0.263. The van der Waals surface area contributed by atoms with Crippen molar-refractivity contribution in [1.82, 2.24) is 38.9 Å². The van der Waals surface area contributed by atoms with E-state index >= 15 is 0 Å². The molecular formula is C80H80Br2Cl4N16O12. The number of carbonyl (C=O) groups is 2. The number of ketones is 2. The molecule has 2 aliphatic heterocycles. The maximum atomic E-state index is 14.8. The van der Waals surface area contributed by atoms with Gasteiger partial charge in [-0.2, -0.15) is 5.10 Å². The van der Waals surface area contributed by atoms with Crippen molar-refractivity contribution in [2.75, 3.05) is 93.4 Å². The third kappa shape index (κ3) is 20.2. The van der Waals surface area contributed by atoms with Gasteiger partial charge in [0.25, 0.3) is 11.1 Å². The zero-order valence-corrected chi connectivity index (χ0v) is 70.0. The summed E-state index contributed by atoms with van der Waals surface area (Å²) in [5.74, 6) is 2.73. The molecule has 12 rings (SSSR count). The third-order valence-corrected chi connectivity index (χ3v) is 20.4. The number of fused-ring (bicyclic) bond motifs is 2. The van der Waals surface area contributed by atoms with Crippen molar-refractivity contribution in [2.45, 2.75) is 51.6 Å². The van der Waals surface area contributed by atoms with Gasteiger partial charge in [-0.1, -0.05) is 105 Å². The molecule has 28 nitrogen and oxygen atoms in total. The fourth-order valence-electron chi connectivity index (χ4n) is 13.4. The Morgan fingerprint density at radius 1 is 0.570 bits per heavy atom. The van der Waals surface area contributed by atoms with Crippen LogP contribution in [0.15, 0.2) is 195 Å². The van der Waals surface area contributed by atoms with Gasteiger partial charge in [0.1, 0.15) is 72.3 Å². The zero-order valence-electron chi connectivity index (χ0n) is 63.8. The number of rotatable bonds is 30. The number of hydrogen-bond donors (Lipinski definition) is 2. The van der Waals surface area contributed by atoms with E-state index in [1.54, 1.807) is 118 Å². The lowest BCUT2D eigenvalue weighted by Crippen LogP contribution is -3.00. The highest BCUT2D eigenvalue weighted by molar-refractivity contribution is 6.42. The van der Waals surface area contributed by atoms with E-state index in [9.17, 15) is 39.4 Å². The molecule has 0 radical (unpaired) electrons. The first-order chi connectivity index (χ1) is 53.5. The van der Waals surface area contributed by atoms with Gasteiger partial charge < -0.3 is 102 Å². The smallest absolute Gasteiger partial charge is 0.368 e. The highest BCUT2D eigenvalue weighted by Gasteiger charge is 2.32. The second-order valence-corrected chi connectivity index (χ2v) is 29.4. The number of benzene rings is 4. The molecule has 0 fully saturated rings. The Labute approximate surface area is 696 Å². The van der Waals surface area contributed by atoms with E-state index in [1.165, 1.54) is 34.8 Å². The lowest BCUT2D eigenvalue weighted by atomic mass is 9.99. The van der Waals surface area contributed by atoms with Crippen LogP contribution in [0.25, 0.3) is 44.1 Å². The summed E-state index contributed by atoms with van der Waals surface area (Å²) in [5.41, 5.74) is 5.70. The molecule has 114 heavy (non-hydrogen) atoms. The van der Waals surface area contributed by atoms with Crippen molar-refractivity contribution in [3.05, 3.63) is 259 Å². The van der Waals surface area contributed by atoms with Crippen molar-refractivity contribution >= 4 is 115 Å². The minimum atomic E-state index is -0.550. The topological polar surface area (TPSA) is 319 Å². The Hall–Kier alpha value is -10.8. The molecule has 10 aromatic rings. The van der Waals surface area contributed by atoms with E-state index in [0.29, 0.717) is 104 Å². The second-order valence-electron chi connectivity index (χ2n) is 27.9. The monoisotopic (exact) mass is 1750 g/mol. The Balaban J connectivity index is 0.000000257. The minimum absolute atomic E-state index is 0. The molecule has 2 aliphatic rings. The van der Waals surface area contributed by atoms with E-state index in [0.717, 1.165) is 22.3 Å². The van der Waals surface area contributed by atoms with E-state index < -0.39 is 27.5 Å². The molecule has 6 aromatic heterocycles. The van der Waals surface area contributed by atoms with E-state index in [2.05, 4.69) is 45.7 Å². The number of pyridine rings is 4. The van der Waals surface area contributed by atoms with Crippen molar-refractivity contribution in [3.8, 4) is 45.3 Å². The van der Waals surface area contributed by atoms with Gasteiger partial charge >= 0.3 is 11.6 Å². The van der Waals surface area contributed by atoms with Gasteiger partial charge in [-0.3, -0.25) is 23.9 Å². The van der Waals surface area contributed by atoms with Crippen LogP contribution in [0.5, 0.6) is 23.0 Å². The molecule has 0 spiro atoms. The van der Waals surface area contributed by atoms with Crippen LogP contribution in [0.1, 0.15) is 61.0 Å². The number of methoxy groups -OCH3 is 4. The van der Waals surface area contributed by atoms with Gasteiger partial charge in [-0.15, -0.1) is 0 Å². The van der Waals surface area contributed by atoms with Gasteiger partial charge in [0.2, 0.25) is 0 Å². The summed E-state index contributed by atoms with van der Waals surface area (Å²) in [6.45, 7) is 5.64. The molecule has 0 bridgehead atoms. The number of hydrogen-bond acceptors (Lipinski definition) is 21. The van der Waals surface area contributed by atoms with Gasteiger partial charge in [0, 0.05) is 110 Å². The summed E-state index contributed by atoms with van der Waals surface area (Å²) >= 11 is 27.3. The van der Waals surface area contributed by atoms with Crippen molar-refractivity contribution in [1.29, 1.82) is 0 Å². The van der Waals surface area contributed by atoms with Gasteiger partial charge in [-0.05, 0) is 88.5 Å². The van der Waals surface area contributed by atoms with Crippen LogP contribution in [0.2, 0.25) is 20.1 Å². The molecule has 34 heteroatoms.